The summed E-state index contributed by atoms with van der Waals surface area (Å²) in [4.78, 5) is 0. The third-order valence-corrected chi connectivity index (χ3v) is 4.14. The molecule has 0 aliphatic rings. The highest BCUT2D eigenvalue weighted by atomic mass is 15.4. The molecule has 4 rings (SSSR count). The number of benzene rings is 3. The van der Waals surface area contributed by atoms with Crippen LogP contribution in [-0.4, -0.2) is 15.0 Å². The van der Waals surface area contributed by atoms with Crippen LogP contribution >= 0.6 is 0 Å². The highest BCUT2D eigenvalue weighted by molar-refractivity contribution is 5.42. The first kappa shape index (κ1) is 14.4. The lowest BCUT2D eigenvalue weighted by molar-refractivity contribution is 0.747. The van der Waals surface area contributed by atoms with Gasteiger partial charge in [-0.2, -0.15) is 0 Å². The maximum atomic E-state index is 4.33. The van der Waals surface area contributed by atoms with Gasteiger partial charge in [0.05, 0.1) is 23.5 Å². The predicted molar refractivity (Wildman–Crippen MR) is 95.2 cm³/mol. The van der Waals surface area contributed by atoms with Gasteiger partial charge in [0.1, 0.15) is 0 Å². The van der Waals surface area contributed by atoms with E-state index >= 15 is 0 Å². The molecule has 3 nitrogen and oxygen atoms in total. The van der Waals surface area contributed by atoms with Crippen molar-refractivity contribution < 1.29 is 0 Å². The lowest BCUT2D eigenvalue weighted by atomic mass is 9.88. The van der Waals surface area contributed by atoms with Gasteiger partial charge in [0.25, 0.3) is 0 Å². The van der Waals surface area contributed by atoms with Crippen LogP contribution in [0.1, 0.15) is 22.7 Å². The van der Waals surface area contributed by atoms with Crippen molar-refractivity contribution in [2.75, 3.05) is 0 Å². The number of hydrogen-bond acceptors (Lipinski definition) is 2. The molecule has 0 aliphatic heterocycles. The molecule has 0 spiro atoms. The van der Waals surface area contributed by atoms with Crippen LogP contribution < -0.4 is 0 Å². The van der Waals surface area contributed by atoms with E-state index in [0.29, 0.717) is 0 Å². The number of para-hydroxylation sites is 1. The largest absolute Gasteiger partial charge is 0.217 e. The molecule has 0 bridgehead atoms. The van der Waals surface area contributed by atoms with E-state index in [1.807, 2.05) is 53.3 Å². The summed E-state index contributed by atoms with van der Waals surface area (Å²) in [6.07, 6.45) is 1.86. The summed E-state index contributed by atoms with van der Waals surface area (Å²) < 4.78 is 1.92. The van der Waals surface area contributed by atoms with Crippen molar-refractivity contribution in [3.63, 3.8) is 0 Å². The summed E-state index contributed by atoms with van der Waals surface area (Å²) in [5, 5.41) is 8.51. The van der Waals surface area contributed by atoms with E-state index in [2.05, 4.69) is 58.8 Å². The predicted octanol–water partition coefficient (Wildman–Crippen LogP) is 4.45. The van der Waals surface area contributed by atoms with Crippen LogP contribution in [0.4, 0.5) is 0 Å². The average Bonchev–Trinajstić information content (AvgIpc) is 3.14. The zero-order valence-corrected chi connectivity index (χ0v) is 13.2. The van der Waals surface area contributed by atoms with E-state index in [1.54, 1.807) is 0 Å². The number of rotatable bonds is 4. The van der Waals surface area contributed by atoms with Gasteiger partial charge in [0.15, 0.2) is 0 Å². The maximum Gasteiger partial charge on any atom is 0.0764 e. The smallest absolute Gasteiger partial charge is 0.0764 e. The van der Waals surface area contributed by atoms with Crippen LogP contribution in [0.25, 0.3) is 5.69 Å². The van der Waals surface area contributed by atoms with Crippen LogP contribution in [0.2, 0.25) is 0 Å². The van der Waals surface area contributed by atoms with Gasteiger partial charge in [-0.15, -0.1) is 5.10 Å². The molecule has 0 saturated carbocycles. The second kappa shape index (κ2) is 6.50. The summed E-state index contributed by atoms with van der Waals surface area (Å²) in [5.41, 5.74) is 4.52. The first-order chi connectivity index (χ1) is 11.9. The van der Waals surface area contributed by atoms with Crippen molar-refractivity contribution >= 4 is 0 Å². The zero-order valence-electron chi connectivity index (χ0n) is 13.2. The van der Waals surface area contributed by atoms with Gasteiger partial charge in [-0.3, -0.25) is 0 Å². The van der Waals surface area contributed by atoms with Crippen molar-refractivity contribution in [3.8, 4) is 5.69 Å². The van der Waals surface area contributed by atoms with Crippen molar-refractivity contribution in [2.45, 2.75) is 5.92 Å². The summed E-state index contributed by atoms with van der Waals surface area (Å²) in [7, 11) is 0. The molecular weight excluding hydrogens is 294 g/mol. The third kappa shape index (κ3) is 2.72. The minimum absolute atomic E-state index is 0.0857. The zero-order chi connectivity index (χ0) is 16.2. The van der Waals surface area contributed by atoms with E-state index in [9.17, 15) is 0 Å². The SMILES string of the molecule is c1ccc(C(c2ccccc2)c2cnnn2-c2ccccc2)cc1. The van der Waals surface area contributed by atoms with Gasteiger partial charge < -0.3 is 0 Å². The van der Waals surface area contributed by atoms with Crippen molar-refractivity contribution in [3.05, 3.63) is 114 Å². The van der Waals surface area contributed by atoms with Crippen molar-refractivity contribution in [2.24, 2.45) is 0 Å². The van der Waals surface area contributed by atoms with E-state index in [-0.39, 0.29) is 5.92 Å². The fourth-order valence-electron chi connectivity index (χ4n) is 3.03. The van der Waals surface area contributed by atoms with Gasteiger partial charge in [-0.05, 0) is 23.3 Å². The van der Waals surface area contributed by atoms with Crippen molar-refractivity contribution in [1.82, 2.24) is 15.0 Å². The Labute approximate surface area is 141 Å². The fraction of sp³-hybridized carbons (Fsp3) is 0.0476. The van der Waals surface area contributed by atoms with Crippen LogP contribution in [0.3, 0.4) is 0 Å². The molecule has 0 unspecified atom stereocenters. The Morgan fingerprint density at radius 1 is 0.625 bits per heavy atom. The van der Waals surface area contributed by atoms with Gasteiger partial charge in [-0.1, -0.05) is 84.1 Å². The number of hydrogen-bond donors (Lipinski definition) is 0. The van der Waals surface area contributed by atoms with Gasteiger partial charge >= 0.3 is 0 Å². The highest BCUT2D eigenvalue weighted by Gasteiger charge is 2.21. The monoisotopic (exact) mass is 311 g/mol. The molecule has 0 amide bonds. The van der Waals surface area contributed by atoms with E-state index < -0.39 is 0 Å². The van der Waals surface area contributed by atoms with Gasteiger partial charge in [0, 0.05) is 0 Å². The van der Waals surface area contributed by atoms with E-state index in [0.717, 1.165) is 11.4 Å². The summed E-state index contributed by atoms with van der Waals surface area (Å²) in [6.45, 7) is 0. The van der Waals surface area contributed by atoms with Gasteiger partial charge in [-0.25, -0.2) is 4.68 Å². The summed E-state index contributed by atoms with van der Waals surface area (Å²) >= 11 is 0. The molecule has 4 aromatic rings. The Kier molecular flexibility index (Phi) is 3.90. The Balaban J connectivity index is 1.89. The van der Waals surface area contributed by atoms with Crippen LogP contribution in [0.15, 0.2) is 97.2 Å². The molecule has 116 valence electrons. The minimum Gasteiger partial charge on any atom is -0.217 e. The topological polar surface area (TPSA) is 30.7 Å². The Hall–Kier alpha value is -3.20. The molecule has 3 heteroatoms. The van der Waals surface area contributed by atoms with Crippen LogP contribution in [0, 0.1) is 0 Å². The highest BCUT2D eigenvalue weighted by Crippen LogP contribution is 2.32. The maximum absolute atomic E-state index is 4.33. The third-order valence-electron chi connectivity index (χ3n) is 4.14. The molecule has 3 aromatic carbocycles. The van der Waals surface area contributed by atoms with Crippen LogP contribution in [-0.2, 0) is 0 Å². The second-order valence-electron chi connectivity index (χ2n) is 5.66. The second-order valence-corrected chi connectivity index (χ2v) is 5.66. The molecule has 1 aromatic heterocycles. The normalized spacial score (nSPS) is 10.9. The molecule has 0 atom stereocenters. The molecule has 24 heavy (non-hydrogen) atoms. The molecule has 0 N–H and O–H groups in total. The first-order valence-electron chi connectivity index (χ1n) is 7.99. The van der Waals surface area contributed by atoms with E-state index in [1.165, 1.54) is 11.1 Å². The Bertz CT molecular complexity index is 860. The number of aromatic nitrogens is 3. The van der Waals surface area contributed by atoms with Crippen molar-refractivity contribution in [1.29, 1.82) is 0 Å². The summed E-state index contributed by atoms with van der Waals surface area (Å²) in [5.74, 6) is 0.0857. The Morgan fingerprint density at radius 2 is 1.12 bits per heavy atom. The molecule has 0 aliphatic carbocycles. The molecule has 1 heterocycles. The first-order valence-corrected chi connectivity index (χ1v) is 7.99. The van der Waals surface area contributed by atoms with E-state index in [4.69, 9.17) is 0 Å². The lowest BCUT2D eigenvalue weighted by Gasteiger charge is -2.19. The standard InChI is InChI=1S/C21H17N3/c1-4-10-17(11-5-1)21(18-12-6-2-7-13-18)20-16-22-23-24(20)19-14-8-3-9-15-19/h1-16,21H. The average molecular weight is 311 g/mol. The lowest BCUT2D eigenvalue weighted by Crippen LogP contribution is -2.10. The quantitative estimate of drug-likeness (QED) is 0.557. The number of nitrogens with zero attached hydrogens (tertiary/aromatic N) is 3. The Morgan fingerprint density at radius 3 is 1.67 bits per heavy atom. The summed E-state index contributed by atoms with van der Waals surface area (Å²) in [6, 6.07) is 31.1. The molecular formula is C21H17N3. The van der Waals surface area contributed by atoms with Gasteiger partial charge in [0.2, 0.25) is 0 Å². The minimum atomic E-state index is 0.0857. The fourth-order valence-corrected chi connectivity index (χ4v) is 3.03. The molecule has 0 fully saturated rings. The van der Waals surface area contributed by atoms with Crippen LogP contribution in [0.5, 0.6) is 0 Å². The molecule has 0 radical (unpaired) electrons. The molecule has 0 saturated heterocycles.